The molecule has 0 spiro atoms. The fraction of sp³-hybridized carbons (Fsp3) is 0.222. The largest absolute Gasteiger partial charge is 0.398 e. The Bertz CT molecular complexity index is 1310. The number of amidine groups is 1. The van der Waals surface area contributed by atoms with Gasteiger partial charge in [0.2, 0.25) is 5.91 Å². The molecule has 7 nitrogen and oxygen atoms in total. The van der Waals surface area contributed by atoms with Crippen molar-refractivity contribution in [2.24, 2.45) is 28.3 Å². The third kappa shape index (κ3) is 6.35. The Morgan fingerprint density at radius 1 is 1.25 bits per heavy atom. The second-order valence-electron chi connectivity index (χ2n) is 8.53. The quantitative estimate of drug-likeness (QED) is 0.215. The number of nitrogens with one attached hydrogen (secondary N) is 1. The first-order valence-electron chi connectivity index (χ1n) is 11.3. The Morgan fingerprint density at radius 3 is 2.64 bits per heavy atom. The van der Waals surface area contributed by atoms with Crippen LogP contribution in [0.4, 0.5) is 11.4 Å². The third-order valence-corrected chi connectivity index (χ3v) is 6.68. The van der Waals surface area contributed by atoms with E-state index in [9.17, 15) is 10.1 Å². The summed E-state index contributed by atoms with van der Waals surface area (Å²) >= 11 is 12.2. The molecule has 2 aromatic rings. The number of anilines is 2. The van der Waals surface area contributed by atoms with Gasteiger partial charge < -0.3 is 22.5 Å². The van der Waals surface area contributed by atoms with Crippen molar-refractivity contribution in [2.75, 3.05) is 17.6 Å². The number of amides is 1. The lowest BCUT2D eigenvalue weighted by molar-refractivity contribution is -0.117. The number of carbonyl (C=O) groups is 1. The van der Waals surface area contributed by atoms with Gasteiger partial charge in [-0.3, -0.25) is 4.79 Å². The Balaban J connectivity index is 1.82. The van der Waals surface area contributed by atoms with Gasteiger partial charge in [-0.25, -0.2) is 4.99 Å². The Hall–Kier alpha value is -3.57. The molecular formula is C27H28Cl2N6O. The second-order valence-corrected chi connectivity index (χ2v) is 9.35. The van der Waals surface area contributed by atoms with E-state index >= 15 is 0 Å². The molecule has 9 heteroatoms. The van der Waals surface area contributed by atoms with Crippen LogP contribution in [0.15, 0.2) is 77.5 Å². The highest BCUT2D eigenvalue weighted by molar-refractivity contribution is 6.42. The first kappa shape index (κ1) is 27.0. The van der Waals surface area contributed by atoms with E-state index < -0.39 is 5.92 Å². The summed E-state index contributed by atoms with van der Waals surface area (Å²) in [6.45, 7) is 6.27. The van der Waals surface area contributed by atoms with Gasteiger partial charge in [0, 0.05) is 16.9 Å². The molecule has 2 aromatic carbocycles. The van der Waals surface area contributed by atoms with E-state index in [1.165, 1.54) is 0 Å². The number of nitrogen functional groups attached to an aromatic ring is 1. The van der Waals surface area contributed by atoms with Gasteiger partial charge >= 0.3 is 0 Å². The number of carbonyl (C=O) groups excluding carboxylic acids is 1. The first-order chi connectivity index (χ1) is 17.1. The van der Waals surface area contributed by atoms with Gasteiger partial charge in [0.1, 0.15) is 5.84 Å². The number of halogens is 2. The van der Waals surface area contributed by atoms with E-state index in [-0.39, 0.29) is 23.6 Å². The lowest BCUT2D eigenvalue weighted by Crippen LogP contribution is -2.24. The number of rotatable bonds is 8. The van der Waals surface area contributed by atoms with Crippen LogP contribution < -0.4 is 22.5 Å². The summed E-state index contributed by atoms with van der Waals surface area (Å²) in [6, 6.07) is 12.3. The molecule has 0 aromatic heterocycles. The maximum absolute atomic E-state index is 13.1. The van der Waals surface area contributed by atoms with E-state index in [2.05, 4.69) is 23.0 Å². The fourth-order valence-corrected chi connectivity index (χ4v) is 4.18. The van der Waals surface area contributed by atoms with Gasteiger partial charge in [0.05, 0.1) is 33.6 Å². The summed E-state index contributed by atoms with van der Waals surface area (Å²) in [5.74, 6) is -0.788. The zero-order valence-electron chi connectivity index (χ0n) is 19.8. The highest BCUT2D eigenvalue weighted by Crippen LogP contribution is 2.30. The topological polar surface area (TPSA) is 143 Å². The van der Waals surface area contributed by atoms with Gasteiger partial charge in [0.25, 0.3) is 0 Å². The van der Waals surface area contributed by atoms with Gasteiger partial charge in [-0.05, 0) is 60.4 Å². The number of nitrogens with zero attached hydrogens (tertiary/aromatic N) is 2. The van der Waals surface area contributed by atoms with Crippen molar-refractivity contribution in [3.8, 4) is 6.07 Å². The minimum absolute atomic E-state index is 0.0313. The van der Waals surface area contributed by atoms with Crippen LogP contribution in [0, 0.1) is 23.2 Å². The molecule has 0 saturated carbocycles. The number of nitriles is 1. The monoisotopic (exact) mass is 522 g/mol. The normalized spacial score (nSPS) is 18.2. The molecule has 0 heterocycles. The summed E-state index contributed by atoms with van der Waals surface area (Å²) in [5, 5.41) is 12.9. The molecule has 186 valence electrons. The smallest absolute Gasteiger partial charge is 0.231 e. The van der Waals surface area contributed by atoms with Crippen LogP contribution in [0.5, 0.6) is 0 Å². The van der Waals surface area contributed by atoms with E-state index in [0.29, 0.717) is 51.2 Å². The highest BCUT2D eigenvalue weighted by atomic mass is 35.5. The van der Waals surface area contributed by atoms with Gasteiger partial charge in [0.15, 0.2) is 0 Å². The summed E-state index contributed by atoms with van der Waals surface area (Å²) in [5.41, 5.74) is 21.5. The van der Waals surface area contributed by atoms with Crippen molar-refractivity contribution in [2.45, 2.75) is 19.3 Å². The zero-order chi connectivity index (χ0) is 26.4. The van der Waals surface area contributed by atoms with E-state index in [0.717, 1.165) is 5.57 Å². The summed E-state index contributed by atoms with van der Waals surface area (Å²) in [7, 11) is 0. The molecule has 36 heavy (non-hydrogen) atoms. The van der Waals surface area contributed by atoms with Crippen molar-refractivity contribution in [3.05, 3.63) is 93.6 Å². The van der Waals surface area contributed by atoms with Crippen molar-refractivity contribution < 1.29 is 4.79 Å². The maximum atomic E-state index is 13.1. The molecule has 3 rings (SSSR count). The van der Waals surface area contributed by atoms with Crippen LogP contribution in [-0.4, -0.2) is 18.3 Å². The van der Waals surface area contributed by atoms with Crippen LogP contribution in [0.2, 0.25) is 10.0 Å². The van der Waals surface area contributed by atoms with Crippen molar-refractivity contribution in [1.82, 2.24) is 0 Å². The predicted molar refractivity (Wildman–Crippen MR) is 148 cm³/mol. The average Bonchev–Trinajstić information content (AvgIpc) is 2.85. The number of nitrogens with two attached hydrogens (primary N) is 3. The number of benzene rings is 2. The first-order valence-corrected chi connectivity index (χ1v) is 12.1. The van der Waals surface area contributed by atoms with Crippen LogP contribution >= 0.6 is 23.2 Å². The van der Waals surface area contributed by atoms with E-state index in [1.54, 1.807) is 36.4 Å². The lowest BCUT2D eigenvalue weighted by Gasteiger charge is -2.18. The van der Waals surface area contributed by atoms with Crippen molar-refractivity contribution in [1.29, 1.82) is 5.26 Å². The molecule has 3 atom stereocenters. The van der Waals surface area contributed by atoms with Gasteiger partial charge in [-0.2, -0.15) is 5.26 Å². The summed E-state index contributed by atoms with van der Waals surface area (Å²) in [4.78, 5) is 17.6. The van der Waals surface area contributed by atoms with Crippen molar-refractivity contribution >= 4 is 46.3 Å². The Kier molecular flexibility index (Phi) is 8.94. The van der Waals surface area contributed by atoms with Crippen molar-refractivity contribution in [3.63, 3.8) is 0 Å². The predicted octanol–water partition coefficient (Wildman–Crippen LogP) is 5.14. The van der Waals surface area contributed by atoms with E-state index in [4.69, 9.17) is 40.4 Å². The molecular weight excluding hydrogens is 495 g/mol. The minimum atomic E-state index is -0.527. The fourth-order valence-electron chi connectivity index (χ4n) is 3.88. The molecule has 1 amide bonds. The second kappa shape index (κ2) is 11.9. The number of hydrogen-bond acceptors (Lipinski definition) is 5. The molecule has 1 aliphatic rings. The Labute approximate surface area is 221 Å². The van der Waals surface area contributed by atoms with Crippen LogP contribution in [0.25, 0.3) is 0 Å². The minimum Gasteiger partial charge on any atom is -0.398 e. The number of aliphatic imine (C=N–C) groups is 1. The van der Waals surface area contributed by atoms with Crippen LogP contribution in [0.3, 0.4) is 0 Å². The SMILES string of the molecule is C=C(N=C(N)c1cc(NC(=O)C(CCN)c2ccc(Cl)c(Cl)c2)ccc1N)C1=CC(C)C(C#N)C=C1. The molecule has 7 N–H and O–H groups in total. The zero-order valence-corrected chi connectivity index (χ0v) is 21.4. The average molecular weight is 523 g/mol. The summed E-state index contributed by atoms with van der Waals surface area (Å²) < 4.78 is 0. The highest BCUT2D eigenvalue weighted by Gasteiger charge is 2.22. The van der Waals surface area contributed by atoms with Gasteiger partial charge in [-0.15, -0.1) is 0 Å². The molecule has 1 aliphatic carbocycles. The van der Waals surface area contributed by atoms with Gasteiger partial charge in [-0.1, -0.05) is 61.0 Å². The van der Waals surface area contributed by atoms with Crippen LogP contribution in [-0.2, 0) is 4.79 Å². The summed E-state index contributed by atoms with van der Waals surface area (Å²) in [6.07, 6.45) is 6.00. The number of allylic oxidation sites excluding steroid dienone is 3. The number of hydrogen-bond donors (Lipinski definition) is 4. The standard InChI is InChI=1S/C27H28Cl2N6O/c1-15-11-17(3-4-19(15)14-31)16(2)34-26(33)22-13-20(6-8-25(22)32)35-27(36)21(9-10-30)18-5-7-23(28)24(29)12-18/h3-8,11-13,15,19,21H,2,9-10,30,32H2,1H3,(H2,33,34)(H,35,36). The molecule has 0 aliphatic heterocycles. The Morgan fingerprint density at radius 2 is 2.00 bits per heavy atom. The molecule has 0 radical (unpaired) electrons. The lowest BCUT2D eigenvalue weighted by atomic mass is 9.87. The maximum Gasteiger partial charge on any atom is 0.231 e. The molecule has 3 unspecified atom stereocenters. The third-order valence-electron chi connectivity index (χ3n) is 5.94. The van der Waals surface area contributed by atoms with Crippen LogP contribution in [0.1, 0.15) is 30.4 Å². The molecule has 0 fully saturated rings. The molecule has 0 bridgehead atoms. The van der Waals surface area contributed by atoms with E-state index in [1.807, 2.05) is 25.2 Å². The molecule has 0 saturated heterocycles.